The Morgan fingerprint density at radius 2 is 2.44 bits per heavy atom. The van der Waals surface area contributed by atoms with Crippen molar-refractivity contribution >= 4 is 11.3 Å². The van der Waals surface area contributed by atoms with Crippen LogP contribution in [0.25, 0.3) is 0 Å². The van der Waals surface area contributed by atoms with Gasteiger partial charge in [-0.2, -0.15) is 0 Å². The zero-order chi connectivity index (χ0) is 12.4. The molecule has 3 heterocycles. The van der Waals surface area contributed by atoms with Gasteiger partial charge in [0.1, 0.15) is 5.82 Å². The number of nitrogens with one attached hydrogen (secondary N) is 1. The second-order valence-electron chi connectivity index (χ2n) is 4.88. The molecular formula is C13H18N4S. The SMILES string of the molecule is Cc1ncc(CNC[C@H]2CCc3nccn3C2)s1. The van der Waals surface area contributed by atoms with Crippen LogP contribution in [0.2, 0.25) is 0 Å². The molecule has 18 heavy (non-hydrogen) atoms. The van der Waals surface area contributed by atoms with Crippen LogP contribution in [-0.4, -0.2) is 21.1 Å². The number of fused-ring (bicyclic) bond motifs is 1. The van der Waals surface area contributed by atoms with Gasteiger partial charge in [-0.15, -0.1) is 11.3 Å². The lowest BCUT2D eigenvalue weighted by Gasteiger charge is -2.23. The van der Waals surface area contributed by atoms with Gasteiger partial charge in [0.25, 0.3) is 0 Å². The van der Waals surface area contributed by atoms with Crippen molar-refractivity contribution < 1.29 is 0 Å². The Bertz CT molecular complexity index is 517. The average molecular weight is 262 g/mol. The van der Waals surface area contributed by atoms with E-state index in [1.807, 2.05) is 12.4 Å². The van der Waals surface area contributed by atoms with E-state index in [1.54, 1.807) is 11.3 Å². The quantitative estimate of drug-likeness (QED) is 0.916. The van der Waals surface area contributed by atoms with Gasteiger partial charge in [-0.05, 0) is 19.3 Å². The van der Waals surface area contributed by atoms with Crippen LogP contribution in [-0.2, 0) is 19.5 Å². The summed E-state index contributed by atoms with van der Waals surface area (Å²) >= 11 is 1.78. The van der Waals surface area contributed by atoms with Gasteiger partial charge in [0.05, 0.1) is 5.01 Å². The van der Waals surface area contributed by atoms with Gasteiger partial charge in [0.2, 0.25) is 0 Å². The molecule has 3 rings (SSSR count). The van der Waals surface area contributed by atoms with E-state index in [0.717, 1.165) is 37.0 Å². The third kappa shape index (κ3) is 2.62. The summed E-state index contributed by atoms with van der Waals surface area (Å²) in [7, 11) is 0. The monoisotopic (exact) mass is 262 g/mol. The van der Waals surface area contributed by atoms with Crippen LogP contribution in [0.5, 0.6) is 0 Å². The molecule has 1 aliphatic rings. The minimum Gasteiger partial charge on any atom is -0.335 e. The number of hydrogen-bond acceptors (Lipinski definition) is 4. The number of nitrogens with zero attached hydrogens (tertiary/aromatic N) is 3. The summed E-state index contributed by atoms with van der Waals surface area (Å²) in [6.07, 6.45) is 8.33. The van der Waals surface area contributed by atoms with Crippen LogP contribution < -0.4 is 5.32 Å². The zero-order valence-electron chi connectivity index (χ0n) is 10.6. The Balaban J connectivity index is 1.47. The van der Waals surface area contributed by atoms with Gasteiger partial charge >= 0.3 is 0 Å². The van der Waals surface area contributed by atoms with E-state index in [4.69, 9.17) is 0 Å². The van der Waals surface area contributed by atoms with Crippen molar-refractivity contribution in [3.63, 3.8) is 0 Å². The summed E-state index contributed by atoms with van der Waals surface area (Å²) in [5.41, 5.74) is 0. The first kappa shape index (κ1) is 11.9. The van der Waals surface area contributed by atoms with Crippen LogP contribution in [0, 0.1) is 12.8 Å². The van der Waals surface area contributed by atoms with E-state index in [-0.39, 0.29) is 0 Å². The molecule has 0 unspecified atom stereocenters. The first-order valence-corrected chi connectivity index (χ1v) is 7.25. The first-order chi connectivity index (χ1) is 8.81. The molecule has 4 nitrogen and oxygen atoms in total. The Kier molecular flexibility index (Phi) is 3.43. The minimum absolute atomic E-state index is 0.723. The van der Waals surface area contributed by atoms with E-state index in [2.05, 4.69) is 33.0 Å². The predicted molar refractivity (Wildman–Crippen MR) is 72.6 cm³/mol. The molecule has 0 bridgehead atoms. The highest BCUT2D eigenvalue weighted by molar-refractivity contribution is 7.11. The van der Waals surface area contributed by atoms with Gasteiger partial charge in [-0.3, -0.25) is 0 Å². The largest absolute Gasteiger partial charge is 0.335 e. The maximum Gasteiger partial charge on any atom is 0.108 e. The Morgan fingerprint density at radius 1 is 1.50 bits per heavy atom. The zero-order valence-corrected chi connectivity index (χ0v) is 11.4. The molecule has 5 heteroatoms. The Morgan fingerprint density at radius 3 is 3.28 bits per heavy atom. The standard InChI is InChI=1S/C13H18N4S/c1-10-16-8-12(18-10)7-14-6-11-2-3-13-15-4-5-17(13)9-11/h4-5,8,11,14H,2-3,6-7,9H2,1H3/t11-/m1/s1. The minimum atomic E-state index is 0.723. The molecule has 0 fully saturated rings. The van der Waals surface area contributed by atoms with E-state index in [1.165, 1.54) is 17.1 Å². The van der Waals surface area contributed by atoms with Crippen LogP contribution in [0.1, 0.15) is 22.1 Å². The molecule has 1 N–H and O–H groups in total. The van der Waals surface area contributed by atoms with Crippen molar-refractivity contribution in [2.75, 3.05) is 6.54 Å². The second kappa shape index (κ2) is 5.20. The molecule has 2 aromatic rings. The van der Waals surface area contributed by atoms with E-state index >= 15 is 0 Å². The molecule has 1 atom stereocenters. The van der Waals surface area contributed by atoms with E-state index < -0.39 is 0 Å². The molecule has 0 aliphatic carbocycles. The maximum atomic E-state index is 4.36. The lowest BCUT2D eigenvalue weighted by atomic mass is 9.99. The Labute approximate surface area is 111 Å². The predicted octanol–water partition coefficient (Wildman–Crippen LogP) is 2.00. The van der Waals surface area contributed by atoms with Gasteiger partial charge < -0.3 is 9.88 Å². The fraction of sp³-hybridized carbons (Fsp3) is 0.538. The number of aryl methyl sites for hydroxylation is 2. The number of rotatable bonds is 4. The molecular weight excluding hydrogens is 244 g/mol. The van der Waals surface area contributed by atoms with Crippen molar-refractivity contribution in [3.05, 3.63) is 34.3 Å². The summed E-state index contributed by atoms with van der Waals surface area (Å²) in [6.45, 7) is 5.17. The summed E-state index contributed by atoms with van der Waals surface area (Å²) in [5.74, 6) is 1.96. The normalized spacial score (nSPS) is 18.8. The van der Waals surface area contributed by atoms with Crippen LogP contribution >= 0.6 is 11.3 Å². The van der Waals surface area contributed by atoms with Gasteiger partial charge in [-0.25, -0.2) is 9.97 Å². The van der Waals surface area contributed by atoms with Crippen molar-refractivity contribution in [2.45, 2.75) is 32.9 Å². The Hall–Kier alpha value is -1.20. The van der Waals surface area contributed by atoms with Crippen LogP contribution in [0.3, 0.4) is 0 Å². The topological polar surface area (TPSA) is 42.7 Å². The lowest BCUT2D eigenvalue weighted by molar-refractivity contribution is 0.348. The summed E-state index contributed by atoms with van der Waals surface area (Å²) in [5, 5.41) is 4.69. The molecule has 1 aliphatic heterocycles. The van der Waals surface area contributed by atoms with Gasteiger partial charge in [-0.1, -0.05) is 0 Å². The van der Waals surface area contributed by atoms with Crippen molar-refractivity contribution in [1.29, 1.82) is 0 Å². The molecule has 0 aromatic carbocycles. The van der Waals surface area contributed by atoms with Crippen molar-refractivity contribution in [2.24, 2.45) is 5.92 Å². The number of thiazole rings is 1. The van der Waals surface area contributed by atoms with E-state index in [9.17, 15) is 0 Å². The first-order valence-electron chi connectivity index (χ1n) is 6.43. The summed E-state index contributed by atoms with van der Waals surface area (Å²) in [4.78, 5) is 9.95. The third-order valence-corrected chi connectivity index (χ3v) is 4.35. The molecule has 0 radical (unpaired) electrons. The fourth-order valence-electron chi connectivity index (χ4n) is 2.49. The molecule has 0 spiro atoms. The fourth-order valence-corrected chi connectivity index (χ4v) is 3.25. The lowest BCUT2D eigenvalue weighted by Crippen LogP contribution is -2.29. The average Bonchev–Trinajstić information content (AvgIpc) is 2.97. The number of hydrogen-bond donors (Lipinski definition) is 1. The van der Waals surface area contributed by atoms with Gasteiger partial charge in [0.15, 0.2) is 0 Å². The highest BCUT2D eigenvalue weighted by Gasteiger charge is 2.18. The molecule has 0 saturated carbocycles. The molecule has 96 valence electrons. The van der Waals surface area contributed by atoms with Crippen molar-refractivity contribution in [1.82, 2.24) is 19.9 Å². The van der Waals surface area contributed by atoms with Crippen molar-refractivity contribution in [3.8, 4) is 0 Å². The number of aromatic nitrogens is 3. The maximum absolute atomic E-state index is 4.36. The van der Waals surface area contributed by atoms with Crippen LogP contribution in [0.15, 0.2) is 18.6 Å². The van der Waals surface area contributed by atoms with Gasteiger partial charge in [0, 0.05) is 49.5 Å². The highest BCUT2D eigenvalue weighted by Crippen LogP contribution is 2.18. The number of imidazole rings is 1. The molecule has 0 amide bonds. The van der Waals surface area contributed by atoms with E-state index in [0.29, 0.717) is 0 Å². The molecule has 2 aromatic heterocycles. The smallest absolute Gasteiger partial charge is 0.108 e. The second-order valence-corrected chi connectivity index (χ2v) is 6.20. The highest BCUT2D eigenvalue weighted by atomic mass is 32.1. The third-order valence-electron chi connectivity index (χ3n) is 3.43. The summed E-state index contributed by atoms with van der Waals surface area (Å²) in [6, 6.07) is 0. The molecule has 0 saturated heterocycles. The summed E-state index contributed by atoms with van der Waals surface area (Å²) < 4.78 is 2.28. The van der Waals surface area contributed by atoms with Crippen LogP contribution in [0.4, 0.5) is 0 Å².